The summed E-state index contributed by atoms with van der Waals surface area (Å²) in [6.45, 7) is 6.16. The van der Waals surface area contributed by atoms with Crippen molar-refractivity contribution in [3.63, 3.8) is 0 Å². The van der Waals surface area contributed by atoms with Crippen LogP contribution in [0.15, 0.2) is 60.7 Å². The van der Waals surface area contributed by atoms with Crippen molar-refractivity contribution in [2.24, 2.45) is 5.92 Å². The van der Waals surface area contributed by atoms with Crippen LogP contribution >= 0.6 is 0 Å². The molecule has 0 amide bonds. The average Bonchev–Trinajstić information content (AvgIpc) is 3.45. The highest BCUT2D eigenvalue weighted by atomic mass is 16.8. The van der Waals surface area contributed by atoms with Gasteiger partial charge in [0, 0.05) is 23.7 Å². The number of benzene rings is 1. The van der Waals surface area contributed by atoms with E-state index in [2.05, 4.69) is 56.8 Å². The van der Waals surface area contributed by atoms with Gasteiger partial charge in [-0.25, -0.2) is 9.97 Å². The minimum Gasteiger partial charge on any atom is -0.383 e. The zero-order valence-electron chi connectivity index (χ0n) is 19.0. The first-order valence-electron chi connectivity index (χ1n) is 11.4. The molecular weight excluding hydrogens is 414 g/mol. The second-order valence-corrected chi connectivity index (χ2v) is 9.54. The molecule has 7 heteroatoms. The van der Waals surface area contributed by atoms with Crippen molar-refractivity contribution in [1.29, 1.82) is 0 Å². The maximum Gasteiger partial charge on any atom is 0.163 e. The highest BCUT2D eigenvalue weighted by Crippen LogP contribution is 2.50. The number of fused-ring (bicyclic) bond motifs is 3. The fraction of sp³-hybridized carbons (Fsp3) is 0.346. The highest BCUT2D eigenvalue weighted by Gasteiger charge is 2.55. The van der Waals surface area contributed by atoms with Crippen molar-refractivity contribution >= 4 is 33.8 Å². The van der Waals surface area contributed by atoms with Gasteiger partial charge in [0.2, 0.25) is 0 Å². The van der Waals surface area contributed by atoms with Crippen molar-refractivity contribution in [1.82, 2.24) is 19.5 Å². The second kappa shape index (κ2) is 7.37. The molecule has 4 aromatic rings. The molecule has 0 spiro atoms. The van der Waals surface area contributed by atoms with Crippen molar-refractivity contribution in [2.45, 2.75) is 51.2 Å². The van der Waals surface area contributed by atoms with Gasteiger partial charge in [0.15, 0.2) is 5.79 Å². The number of aromatic nitrogens is 4. The number of anilines is 1. The van der Waals surface area contributed by atoms with E-state index >= 15 is 0 Å². The van der Waals surface area contributed by atoms with Crippen LogP contribution in [-0.2, 0) is 9.47 Å². The van der Waals surface area contributed by atoms with Crippen molar-refractivity contribution in [2.75, 3.05) is 5.73 Å². The molecule has 2 aliphatic rings. The van der Waals surface area contributed by atoms with Gasteiger partial charge in [-0.3, -0.25) is 4.98 Å². The molecule has 2 fully saturated rings. The number of rotatable bonds is 3. The smallest absolute Gasteiger partial charge is 0.163 e. The molecule has 3 aromatic heterocycles. The molecule has 33 heavy (non-hydrogen) atoms. The summed E-state index contributed by atoms with van der Waals surface area (Å²) in [6.07, 6.45) is 8.44. The molecule has 0 bridgehead atoms. The van der Waals surface area contributed by atoms with Gasteiger partial charge in [-0.05, 0) is 51.0 Å². The van der Waals surface area contributed by atoms with Gasteiger partial charge in [0.1, 0.15) is 23.9 Å². The third kappa shape index (κ3) is 3.39. The van der Waals surface area contributed by atoms with Crippen LogP contribution in [0.4, 0.5) is 5.82 Å². The van der Waals surface area contributed by atoms with Gasteiger partial charge < -0.3 is 19.8 Å². The van der Waals surface area contributed by atoms with Crippen LogP contribution in [-0.4, -0.2) is 37.5 Å². The number of nitrogens with two attached hydrogens (primary N) is 1. The van der Waals surface area contributed by atoms with E-state index < -0.39 is 5.79 Å². The number of nitrogens with zero attached hydrogens (tertiary/aromatic N) is 4. The quantitative estimate of drug-likeness (QED) is 0.494. The number of nitrogen functional groups attached to an aromatic ring is 1. The highest BCUT2D eigenvalue weighted by molar-refractivity contribution is 5.86. The Morgan fingerprint density at radius 1 is 1.12 bits per heavy atom. The molecule has 4 heterocycles. The standard InChI is InChI=1S/C26H27N5O2/c1-15(11-16-6-7-17-5-4-9-28-20(17)12-16)19-13-21(23-22(19)32-26(2,3)33-23)31-10-8-18-24(27)29-14-30-25(18)31/h4-12,14,19,21-23H,13H2,1-3H3,(H2,27,29,30)/b15-11+/t19-,21-,22-,23+/m1/s1. The first-order valence-corrected chi connectivity index (χ1v) is 11.4. The van der Waals surface area contributed by atoms with Gasteiger partial charge in [-0.2, -0.15) is 0 Å². The minimum absolute atomic E-state index is 0.0311. The molecule has 1 aromatic carbocycles. The van der Waals surface area contributed by atoms with Gasteiger partial charge in [0.25, 0.3) is 0 Å². The summed E-state index contributed by atoms with van der Waals surface area (Å²) in [5.41, 5.74) is 10.3. The van der Waals surface area contributed by atoms with Crippen LogP contribution in [0.25, 0.3) is 28.0 Å². The average molecular weight is 442 g/mol. The number of hydrogen-bond acceptors (Lipinski definition) is 6. The fourth-order valence-electron chi connectivity index (χ4n) is 5.47. The topological polar surface area (TPSA) is 88.1 Å². The predicted molar refractivity (Wildman–Crippen MR) is 128 cm³/mol. The first kappa shape index (κ1) is 20.3. The van der Waals surface area contributed by atoms with Crippen LogP contribution in [0, 0.1) is 5.92 Å². The van der Waals surface area contributed by atoms with E-state index in [1.54, 1.807) is 0 Å². The SMILES string of the molecule is C/C(=C\c1ccc2cccnc2c1)[C@H]1C[C@@H](n2ccc3c(N)ncnc32)[C@@H]2OC(C)(C)O[C@@H]21. The number of ether oxygens (including phenoxy) is 2. The summed E-state index contributed by atoms with van der Waals surface area (Å²) < 4.78 is 15.0. The molecule has 0 radical (unpaired) electrons. The van der Waals surface area contributed by atoms with E-state index in [-0.39, 0.29) is 24.2 Å². The minimum atomic E-state index is -0.629. The zero-order valence-corrected chi connectivity index (χ0v) is 19.0. The van der Waals surface area contributed by atoms with E-state index in [0.29, 0.717) is 5.82 Å². The molecule has 6 rings (SSSR count). The Labute approximate surface area is 192 Å². The lowest BCUT2D eigenvalue weighted by Gasteiger charge is -2.25. The Morgan fingerprint density at radius 3 is 2.85 bits per heavy atom. The molecule has 4 atom stereocenters. The van der Waals surface area contributed by atoms with Crippen molar-refractivity contribution in [3.8, 4) is 0 Å². The van der Waals surface area contributed by atoms with E-state index in [0.717, 1.165) is 33.9 Å². The van der Waals surface area contributed by atoms with Crippen LogP contribution in [0.3, 0.4) is 0 Å². The van der Waals surface area contributed by atoms with Crippen molar-refractivity contribution < 1.29 is 9.47 Å². The molecule has 1 saturated heterocycles. The number of pyridine rings is 1. The molecular formula is C26H27N5O2. The molecule has 2 N–H and O–H groups in total. The zero-order chi connectivity index (χ0) is 22.7. The van der Waals surface area contributed by atoms with Gasteiger partial charge in [-0.1, -0.05) is 29.8 Å². The molecule has 0 unspecified atom stereocenters. The summed E-state index contributed by atoms with van der Waals surface area (Å²) in [7, 11) is 0. The Balaban J connectivity index is 1.37. The van der Waals surface area contributed by atoms with E-state index in [9.17, 15) is 0 Å². The lowest BCUT2D eigenvalue weighted by Crippen LogP contribution is -2.27. The Bertz CT molecular complexity index is 1390. The van der Waals surface area contributed by atoms with Gasteiger partial charge in [-0.15, -0.1) is 0 Å². The lowest BCUT2D eigenvalue weighted by molar-refractivity contribution is -0.158. The van der Waals surface area contributed by atoms with Gasteiger partial charge >= 0.3 is 0 Å². The van der Waals surface area contributed by atoms with E-state index in [4.69, 9.17) is 15.2 Å². The Morgan fingerprint density at radius 2 is 1.97 bits per heavy atom. The predicted octanol–water partition coefficient (Wildman–Crippen LogP) is 4.75. The normalized spacial score (nSPS) is 26.8. The van der Waals surface area contributed by atoms with Crippen LogP contribution in [0.5, 0.6) is 0 Å². The Kier molecular flexibility index (Phi) is 4.54. The van der Waals surface area contributed by atoms with Crippen LogP contribution in [0.2, 0.25) is 0 Å². The van der Waals surface area contributed by atoms with E-state index in [1.807, 2.05) is 38.4 Å². The number of hydrogen-bond donors (Lipinski definition) is 1. The monoisotopic (exact) mass is 441 g/mol. The fourth-order valence-corrected chi connectivity index (χ4v) is 5.47. The third-order valence-electron chi connectivity index (χ3n) is 6.94. The van der Waals surface area contributed by atoms with E-state index in [1.165, 1.54) is 11.9 Å². The summed E-state index contributed by atoms with van der Waals surface area (Å²) >= 11 is 0. The first-order chi connectivity index (χ1) is 15.9. The maximum atomic E-state index is 6.43. The maximum absolute atomic E-state index is 6.43. The summed E-state index contributed by atoms with van der Waals surface area (Å²) in [6, 6.07) is 12.5. The summed E-state index contributed by atoms with van der Waals surface area (Å²) in [5.74, 6) is 0.0868. The van der Waals surface area contributed by atoms with Crippen LogP contribution < -0.4 is 5.73 Å². The molecule has 168 valence electrons. The molecule has 7 nitrogen and oxygen atoms in total. The third-order valence-corrected chi connectivity index (χ3v) is 6.94. The summed E-state index contributed by atoms with van der Waals surface area (Å²) in [5, 5.41) is 2.01. The largest absolute Gasteiger partial charge is 0.383 e. The van der Waals surface area contributed by atoms with Crippen molar-refractivity contribution in [3.05, 3.63) is 66.3 Å². The Hall–Kier alpha value is -3.29. The lowest BCUT2D eigenvalue weighted by atomic mass is 9.94. The molecule has 1 aliphatic heterocycles. The summed E-state index contributed by atoms with van der Waals surface area (Å²) in [4.78, 5) is 13.2. The van der Waals surface area contributed by atoms with Gasteiger partial charge in [0.05, 0.1) is 23.0 Å². The molecule has 1 saturated carbocycles. The molecule has 1 aliphatic carbocycles. The second-order valence-electron chi connectivity index (χ2n) is 9.54. The van der Waals surface area contributed by atoms with Crippen LogP contribution in [0.1, 0.15) is 38.8 Å².